The van der Waals surface area contributed by atoms with Gasteiger partial charge in [0.25, 0.3) is 0 Å². The van der Waals surface area contributed by atoms with Crippen LogP contribution in [0, 0.1) is 5.92 Å². The van der Waals surface area contributed by atoms with E-state index in [-0.39, 0.29) is 12.1 Å². The molecule has 3 nitrogen and oxygen atoms in total. The second-order valence-electron chi connectivity index (χ2n) is 5.64. The summed E-state index contributed by atoms with van der Waals surface area (Å²) in [6.07, 6.45) is 1.01. The molecule has 0 radical (unpaired) electrons. The zero-order valence-electron chi connectivity index (χ0n) is 11.9. The number of likely N-dealkylation sites (tertiary alicyclic amines) is 1. The third-order valence-corrected chi connectivity index (χ3v) is 4.01. The largest absolute Gasteiger partial charge is 0.496 e. The standard InChI is InChI=1S/C15H23ClN2O/c1-10(2)9-18-8-7-12(17)15(18)14-11(16)5-4-6-13(14)19-3/h4-6,10,12,15H,7-9,17H2,1-3H3. The van der Waals surface area contributed by atoms with Gasteiger partial charge in [0.15, 0.2) is 0 Å². The lowest BCUT2D eigenvalue weighted by atomic mass is 9.99. The molecule has 0 saturated carbocycles. The van der Waals surface area contributed by atoms with Crippen molar-refractivity contribution in [2.24, 2.45) is 11.7 Å². The summed E-state index contributed by atoms with van der Waals surface area (Å²) in [5.74, 6) is 1.45. The van der Waals surface area contributed by atoms with Crippen molar-refractivity contribution in [3.8, 4) is 5.75 Å². The van der Waals surface area contributed by atoms with E-state index in [2.05, 4.69) is 18.7 Å². The summed E-state index contributed by atoms with van der Waals surface area (Å²) < 4.78 is 5.47. The Morgan fingerprint density at radius 2 is 2.21 bits per heavy atom. The zero-order valence-corrected chi connectivity index (χ0v) is 12.7. The van der Waals surface area contributed by atoms with Crippen LogP contribution in [0.4, 0.5) is 0 Å². The fraction of sp³-hybridized carbons (Fsp3) is 0.600. The number of methoxy groups -OCH3 is 1. The van der Waals surface area contributed by atoms with E-state index < -0.39 is 0 Å². The highest BCUT2D eigenvalue weighted by molar-refractivity contribution is 6.31. The van der Waals surface area contributed by atoms with Crippen molar-refractivity contribution in [3.05, 3.63) is 28.8 Å². The van der Waals surface area contributed by atoms with Gasteiger partial charge in [-0.2, -0.15) is 0 Å². The molecule has 0 aliphatic carbocycles. The Morgan fingerprint density at radius 1 is 1.47 bits per heavy atom. The molecule has 1 aliphatic rings. The van der Waals surface area contributed by atoms with E-state index in [1.165, 1.54) is 0 Å². The van der Waals surface area contributed by atoms with Crippen molar-refractivity contribution in [2.45, 2.75) is 32.4 Å². The maximum atomic E-state index is 6.39. The smallest absolute Gasteiger partial charge is 0.125 e. The normalized spacial score (nSPS) is 24.1. The molecule has 2 rings (SSSR count). The van der Waals surface area contributed by atoms with Gasteiger partial charge in [-0.15, -0.1) is 0 Å². The van der Waals surface area contributed by atoms with Gasteiger partial charge >= 0.3 is 0 Å². The molecule has 1 aromatic rings. The number of nitrogens with two attached hydrogens (primary N) is 1. The number of ether oxygens (including phenoxy) is 1. The third-order valence-electron chi connectivity index (χ3n) is 3.68. The van der Waals surface area contributed by atoms with Gasteiger partial charge in [0, 0.05) is 29.7 Å². The van der Waals surface area contributed by atoms with Crippen molar-refractivity contribution in [3.63, 3.8) is 0 Å². The number of rotatable bonds is 4. The lowest BCUT2D eigenvalue weighted by Gasteiger charge is -2.30. The van der Waals surface area contributed by atoms with Crippen LogP contribution in [-0.4, -0.2) is 31.1 Å². The molecule has 19 heavy (non-hydrogen) atoms. The second-order valence-corrected chi connectivity index (χ2v) is 6.05. The Bertz CT molecular complexity index is 436. The van der Waals surface area contributed by atoms with Gasteiger partial charge in [-0.05, 0) is 24.5 Å². The Hall–Kier alpha value is -0.770. The van der Waals surface area contributed by atoms with Crippen molar-refractivity contribution in [2.75, 3.05) is 20.2 Å². The molecule has 1 fully saturated rings. The molecular weight excluding hydrogens is 260 g/mol. The van der Waals surface area contributed by atoms with E-state index in [1.807, 2.05) is 18.2 Å². The highest BCUT2D eigenvalue weighted by atomic mass is 35.5. The Balaban J connectivity index is 2.37. The SMILES string of the molecule is COc1cccc(Cl)c1C1C(N)CCN1CC(C)C. The first-order chi connectivity index (χ1) is 9.04. The van der Waals surface area contributed by atoms with Gasteiger partial charge in [0.1, 0.15) is 5.75 Å². The number of benzene rings is 1. The zero-order chi connectivity index (χ0) is 14.0. The quantitative estimate of drug-likeness (QED) is 0.922. The van der Waals surface area contributed by atoms with Crippen LogP contribution >= 0.6 is 11.6 Å². The summed E-state index contributed by atoms with van der Waals surface area (Å²) >= 11 is 6.39. The van der Waals surface area contributed by atoms with Crippen molar-refractivity contribution >= 4 is 11.6 Å². The average molecular weight is 283 g/mol. The summed E-state index contributed by atoms with van der Waals surface area (Å²) in [7, 11) is 1.68. The third kappa shape index (κ3) is 3.04. The van der Waals surface area contributed by atoms with Crippen LogP contribution in [0.15, 0.2) is 18.2 Å². The minimum Gasteiger partial charge on any atom is -0.496 e. The van der Waals surface area contributed by atoms with Crippen molar-refractivity contribution < 1.29 is 4.74 Å². The molecule has 4 heteroatoms. The molecular formula is C15H23ClN2O. The summed E-state index contributed by atoms with van der Waals surface area (Å²) in [6, 6.07) is 6.06. The first-order valence-electron chi connectivity index (χ1n) is 6.86. The Morgan fingerprint density at radius 3 is 2.84 bits per heavy atom. The highest BCUT2D eigenvalue weighted by Gasteiger charge is 2.36. The van der Waals surface area contributed by atoms with Gasteiger partial charge in [0.05, 0.1) is 13.2 Å². The number of nitrogens with zero attached hydrogens (tertiary/aromatic N) is 1. The molecule has 2 unspecified atom stereocenters. The minimum absolute atomic E-state index is 0.118. The maximum absolute atomic E-state index is 6.39. The fourth-order valence-electron chi connectivity index (χ4n) is 2.94. The molecule has 1 aliphatic heterocycles. The van der Waals surface area contributed by atoms with Crippen LogP contribution in [0.5, 0.6) is 5.75 Å². The summed E-state index contributed by atoms with van der Waals surface area (Å²) in [5.41, 5.74) is 7.35. The molecule has 0 aromatic heterocycles. The van der Waals surface area contributed by atoms with Gasteiger partial charge in [-0.3, -0.25) is 4.90 Å². The lowest BCUT2D eigenvalue weighted by molar-refractivity contribution is 0.217. The average Bonchev–Trinajstić information content (AvgIpc) is 2.69. The van der Waals surface area contributed by atoms with Gasteiger partial charge in [-0.1, -0.05) is 31.5 Å². The van der Waals surface area contributed by atoms with Gasteiger partial charge in [-0.25, -0.2) is 0 Å². The molecule has 0 amide bonds. The molecule has 106 valence electrons. The van der Waals surface area contributed by atoms with Crippen LogP contribution in [0.1, 0.15) is 31.9 Å². The number of halogens is 1. The number of hydrogen-bond acceptors (Lipinski definition) is 3. The van der Waals surface area contributed by atoms with E-state index in [9.17, 15) is 0 Å². The lowest BCUT2D eigenvalue weighted by Crippen LogP contribution is -2.34. The van der Waals surface area contributed by atoms with E-state index in [4.69, 9.17) is 22.1 Å². The Labute approximate surface area is 120 Å². The second kappa shape index (κ2) is 6.12. The van der Waals surface area contributed by atoms with E-state index in [1.54, 1.807) is 7.11 Å². The monoisotopic (exact) mass is 282 g/mol. The van der Waals surface area contributed by atoms with E-state index in [0.29, 0.717) is 5.92 Å². The van der Waals surface area contributed by atoms with Crippen LogP contribution in [0.2, 0.25) is 5.02 Å². The minimum atomic E-state index is 0.118. The first kappa shape index (κ1) is 14.6. The molecule has 0 bridgehead atoms. The fourth-order valence-corrected chi connectivity index (χ4v) is 3.21. The van der Waals surface area contributed by atoms with Crippen LogP contribution < -0.4 is 10.5 Å². The predicted octanol–water partition coefficient (Wildman–Crippen LogP) is 3.08. The van der Waals surface area contributed by atoms with Gasteiger partial charge in [0.2, 0.25) is 0 Å². The van der Waals surface area contributed by atoms with Gasteiger partial charge < -0.3 is 10.5 Å². The molecule has 1 aromatic carbocycles. The van der Waals surface area contributed by atoms with Crippen molar-refractivity contribution in [1.82, 2.24) is 4.90 Å². The van der Waals surface area contributed by atoms with Crippen molar-refractivity contribution in [1.29, 1.82) is 0 Å². The van der Waals surface area contributed by atoms with E-state index in [0.717, 1.165) is 35.8 Å². The topological polar surface area (TPSA) is 38.5 Å². The van der Waals surface area contributed by atoms with Crippen LogP contribution in [0.3, 0.4) is 0 Å². The summed E-state index contributed by atoms with van der Waals surface area (Å²) in [5, 5.41) is 0.746. The molecule has 0 spiro atoms. The summed E-state index contributed by atoms with van der Waals surface area (Å²) in [6.45, 7) is 6.51. The molecule has 2 N–H and O–H groups in total. The van der Waals surface area contributed by atoms with E-state index >= 15 is 0 Å². The maximum Gasteiger partial charge on any atom is 0.125 e. The Kier molecular flexibility index (Phi) is 4.71. The van der Waals surface area contributed by atoms with Crippen LogP contribution in [0.25, 0.3) is 0 Å². The molecule has 2 atom stereocenters. The van der Waals surface area contributed by atoms with Crippen LogP contribution in [-0.2, 0) is 0 Å². The number of hydrogen-bond donors (Lipinski definition) is 1. The first-order valence-corrected chi connectivity index (χ1v) is 7.24. The predicted molar refractivity (Wildman–Crippen MR) is 79.7 cm³/mol. The molecule has 1 heterocycles. The molecule has 1 saturated heterocycles. The highest BCUT2D eigenvalue weighted by Crippen LogP contribution is 2.40. The summed E-state index contributed by atoms with van der Waals surface area (Å²) in [4.78, 5) is 2.43.